The fourth-order valence-electron chi connectivity index (χ4n) is 2.59. The third kappa shape index (κ3) is 6.15. The van der Waals surface area contributed by atoms with Gasteiger partial charge in [-0.15, -0.1) is 0 Å². The average Bonchev–Trinajstić information content (AvgIpc) is 2.71. The SMILES string of the molecule is Cc1cc(Br)ccc1NC(=O)CCNC(=O)c1ccc(Oc2cccnc2)cc1. The number of benzene rings is 2. The van der Waals surface area contributed by atoms with Gasteiger partial charge < -0.3 is 15.4 Å². The highest BCUT2D eigenvalue weighted by Crippen LogP contribution is 2.21. The summed E-state index contributed by atoms with van der Waals surface area (Å²) in [5.41, 5.74) is 2.21. The summed E-state index contributed by atoms with van der Waals surface area (Å²) in [6.45, 7) is 2.16. The van der Waals surface area contributed by atoms with Gasteiger partial charge in [0.05, 0.1) is 6.20 Å². The molecule has 0 bridgehead atoms. The van der Waals surface area contributed by atoms with Gasteiger partial charge in [-0.1, -0.05) is 15.9 Å². The number of aromatic nitrogens is 1. The first kappa shape index (κ1) is 20.5. The Morgan fingerprint density at radius 2 is 1.86 bits per heavy atom. The maximum absolute atomic E-state index is 12.2. The van der Waals surface area contributed by atoms with Crippen LogP contribution in [0.3, 0.4) is 0 Å². The molecule has 0 saturated carbocycles. The van der Waals surface area contributed by atoms with Crippen LogP contribution < -0.4 is 15.4 Å². The molecule has 0 atom stereocenters. The second-order valence-corrected chi connectivity index (χ2v) is 7.24. The van der Waals surface area contributed by atoms with Crippen LogP contribution in [-0.4, -0.2) is 23.3 Å². The van der Waals surface area contributed by atoms with Crippen molar-refractivity contribution in [2.75, 3.05) is 11.9 Å². The van der Waals surface area contributed by atoms with Gasteiger partial charge in [-0.3, -0.25) is 14.6 Å². The maximum Gasteiger partial charge on any atom is 0.251 e. The summed E-state index contributed by atoms with van der Waals surface area (Å²) in [5.74, 6) is 0.831. The molecule has 2 N–H and O–H groups in total. The number of aryl methyl sites for hydroxylation is 1. The standard InChI is InChI=1S/C22H20BrN3O3/c1-15-13-17(23)6-9-20(15)26-21(27)10-12-25-22(28)16-4-7-18(8-5-16)29-19-3-2-11-24-14-19/h2-9,11,13-14H,10,12H2,1H3,(H,25,28)(H,26,27). The molecule has 0 aliphatic heterocycles. The van der Waals surface area contributed by atoms with E-state index in [-0.39, 0.29) is 24.8 Å². The van der Waals surface area contributed by atoms with Gasteiger partial charge in [-0.2, -0.15) is 0 Å². The minimum absolute atomic E-state index is 0.157. The smallest absolute Gasteiger partial charge is 0.251 e. The highest BCUT2D eigenvalue weighted by atomic mass is 79.9. The molecule has 0 radical (unpaired) electrons. The molecule has 1 aromatic heterocycles. The predicted molar refractivity (Wildman–Crippen MR) is 115 cm³/mol. The van der Waals surface area contributed by atoms with E-state index in [4.69, 9.17) is 4.74 Å². The molecule has 0 aliphatic rings. The van der Waals surface area contributed by atoms with E-state index in [9.17, 15) is 9.59 Å². The number of carbonyl (C=O) groups excluding carboxylic acids is 2. The third-order valence-electron chi connectivity index (χ3n) is 4.09. The zero-order valence-corrected chi connectivity index (χ0v) is 17.4. The molecule has 3 aromatic rings. The first-order chi connectivity index (χ1) is 14.0. The van der Waals surface area contributed by atoms with Gasteiger partial charge in [0.25, 0.3) is 5.91 Å². The summed E-state index contributed by atoms with van der Waals surface area (Å²) >= 11 is 3.39. The van der Waals surface area contributed by atoms with Gasteiger partial charge in [0.2, 0.25) is 5.91 Å². The van der Waals surface area contributed by atoms with Crippen LogP contribution in [0.4, 0.5) is 5.69 Å². The summed E-state index contributed by atoms with van der Waals surface area (Å²) in [7, 11) is 0. The Bertz CT molecular complexity index is 992. The topological polar surface area (TPSA) is 80.3 Å². The molecule has 0 aliphatic carbocycles. The van der Waals surface area contributed by atoms with Crippen LogP contribution in [0.25, 0.3) is 0 Å². The summed E-state index contributed by atoms with van der Waals surface area (Å²) in [5, 5.41) is 5.60. The monoisotopic (exact) mass is 453 g/mol. The van der Waals surface area contributed by atoms with Gasteiger partial charge in [-0.25, -0.2) is 0 Å². The molecule has 3 rings (SSSR count). The molecule has 29 heavy (non-hydrogen) atoms. The molecule has 7 heteroatoms. The summed E-state index contributed by atoms with van der Waals surface area (Å²) in [6, 6.07) is 16.0. The molecule has 0 fully saturated rings. The van der Waals surface area contributed by atoms with Crippen LogP contribution in [0, 0.1) is 6.92 Å². The fourth-order valence-corrected chi connectivity index (χ4v) is 3.07. The molecule has 2 amide bonds. The number of hydrogen-bond donors (Lipinski definition) is 2. The lowest BCUT2D eigenvalue weighted by atomic mass is 10.2. The predicted octanol–water partition coefficient (Wildman–Crippen LogP) is 4.70. The highest BCUT2D eigenvalue weighted by molar-refractivity contribution is 9.10. The number of anilines is 1. The van der Waals surface area contributed by atoms with E-state index in [1.165, 1.54) is 0 Å². The lowest BCUT2D eigenvalue weighted by molar-refractivity contribution is -0.116. The van der Waals surface area contributed by atoms with Crippen LogP contribution in [0.15, 0.2) is 71.5 Å². The largest absolute Gasteiger partial charge is 0.456 e. The van der Waals surface area contributed by atoms with E-state index in [0.717, 1.165) is 15.7 Å². The number of nitrogens with zero attached hydrogens (tertiary/aromatic N) is 1. The van der Waals surface area contributed by atoms with Gasteiger partial charge >= 0.3 is 0 Å². The number of carbonyl (C=O) groups is 2. The second kappa shape index (κ2) is 9.84. The molecule has 2 aromatic carbocycles. The number of nitrogens with one attached hydrogen (secondary N) is 2. The number of pyridine rings is 1. The molecule has 148 valence electrons. The molecule has 0 spiro atoms. The van der Waals surface area contributed by atoms with Crippen LogP contribution in [-0.2, 0) is 4.79 Å². The number of ether oxygens (including phenoxy) is 1. The molecule has 0 saturated heterocycles. The molecular weight excluding hydrogens is 434 g/mol. The van der Waals surface area contributed by atoms with E-state index in [2.05, 4.69) is 31.5 Å². The van der Waals surface area contributed by atoms with Gasteiger partial charge in [0, 0.05) is 34.9 Å². The average molecular weight is 454 g/mol. The Kier molecular flexibility index (Phi) is 6.97. The second-order valence-electron chi connectivity index (χ2n) is 6.33. The number of rotatable bonds is 7. The summed E-state index contributed by atoms with van der Waals surface area (Å²) in [4.78, 5) is 28.3. The van der Waals surface area contributed by atoms with Crippen molar-refractivity contribution in [1.82, 2.24) is 10.3 Å². The van der Waals surface area contributed by atoms with Crippen molar-refractivity contribution in [1.29, 1.82) is 0 Å². The van der Waals surface area contributed by atoms with Gasteiger partial charge in [-0.05, 0) is 67.1 Å². The van der Waals surface area contributed by atoms with Crippen LogP contribution in [0.2, 0.25) is 0 Å². The van der Waals surface area contributed by atoms with E-state index in [1.807, 2.05) is 25.1 Å². The maximum atomic E-state index is 12.2. The summed E-state index contributed by atoms with van der Waals surface area (Å²) in [6.07, 6.45) is 3.46. The minimum Gasteiger partial charge on any atom is -0.456 e. The minimum atomic E-state index is -0.245. The highest BCUT2D eigenvalue weighted by Gasteiger charge is 2.09. The Labute approximate surface area is 177 Å². The van der Waals surface area contributed by atoms with E-state index in [0.29, 0.717) is 17.1 Å². The van der Waals surface area contributed by atoms with Crippen molar-refractivity contribution in [3.05, 3.63) is 82.6 Å². The number of hydrogen-bond acceptors (Lipinski definition) is 4. The van der Waals surface area contributed by atoms with E-state index >= 15 is 0 Å². The van der Waals surface area contributed by atoms with Crippen LogP contribution >= 0.6 is 15.9 Å². The Morgan fingerprint density at radius 3 is 2.55 bits per heavy atom. The van der Waals surface area contributed by atoms with E-state index in [1.54, 1.807) is 48.8 Å². The van der Waals surface area contributed by atoms with Crippen molar-refractivity contribution >= 4 is 33.4 Å². The third-order valence-corrected chi connectivity index (χ3v) is 4.58. The van der Waals surface area contributed by atoms with Crippen molar-refractivity contribution < 1.29 is 14.3 Å². The number of halogens is 1. The van der Waals surface area contributed by atoms with Gasteiger partial charge in [0.1, 0.15) is 11.5 Å². The zero-order chi connectivity index (χ0) is 20.6. The van der Waals surface area contributed by atoms with Crippen LogP contribution in [0.5, 0.6) is 11.5 Å². The van der Waals surface area contributed by atoms with Crippen molar-refractivity contribution in [2.24, 2.45) is 0 Å². The summed E-state index contributed by atoms with van der Waals surface area (Å²) < 4.78 is 6.60. The lowest BCUT2D eigenvalue weighted by Gasteiger charge is -2.10. The van der Waals surface area contributed by atoms with Crippen molar-refractivity contribution in [3.63, 3.8) is 0 Å². The van der Waals surface area contributed by atoms with Crippen LogP contribution in [0.1, 0.15) is 22.3 Å². The molecule has 1 heterocycles. The van der Waals surface area contributed by atoms with E-state index < -0.39 is 0 Å². The van der Waals surface area contributed by atoms with Crippen molar-refractivity contribution in [2.45, 2.75) is 13.3 Å². The Balaban J connectivity index is 1.46. The molecule has 0 unspecified atom stereocenters. The Morgan fingerprint density at radius 1 is 1.07 bits per heavy atom. The first-order valence-corrected chi connectivity index (χ1v) is 9.83. The fraction of sp³-hybridized carbons (Fsp3) is 0.136. The van der Waals surface area contributed by atoms with Gasteiger partial charge in [0.15, 0.2) is 0 Å². The van der Waals surface area contributed by atoms with Crippen molar-refractivity contribution in [3.8, 4) is 11.5 Å². The quantitative estimate of drug-likeness (QED) is 0.542. The Hall–Kier alpha value is -3.19. The normalized spacial score (nSPS) is 10.3. The first-order valence-electron chi connectivity index (χ1n) is 9.03. The number of amides is 2. The lowest BCUT2D eigenvalue weighted by Crippen LogP contribution is -2.27. The molecular formula is C22H20BrN3O3. The zero-order valence-electron chi connectivity index (χ0n) is 15.8. The molecule has 6 nitrogen and oxygen atoms in total.